The molecule has 2 nitrogen and oxygen atoms in total. The van der Waals surface area contributed by atoms with Gasteiger partial charge in [-0.3, -0.25) is 4.79 Å². The lowest BCUT2D eigenvalue weighted by Crippen LogP contribution is -2.36. The summed E-state index contributed by atoms with van der Waals surface area (Å²) in [6.45, 7) is 4.54. The molecule has 0 aliphatic heterocycles. The maximum atomic E-state index is 13.5. The van der Waals surface area contributed by atoms with Crippen molar-refractivity contribution < 1.29 is 9.18 Å². The first-order valence-electron chi connectivity index (χ1n) is 5.15. The van der Waals surface area contributed by atoms with Crippen molar-refractivity contribution in [1.82, 2.24) is 5.32 Å². The van der Waals surface area contributed by atoms with Crippen molar-refractivity contribution in [2.45, 2.75) is 18.6 Å². The van der Waals surface area contributed by atoms with Crippen LogP contribution in [-0.2, 0) is 0 Å². The Morgan fingerprint density at radius 2 is 2.18 bits per heavy atom. The number of carbonyl (C=O) groups is 1. The molecule has 0 aromatic heterocycles. The Morgan fingerprint density at radius 1 is 1.53 bits per heavy atom. The Hall–Kier alpha value is -0.550. The van der Waals surface area contributed by atoms with Gasteiger partial charge >= 0.3 is 0 Å². The van der Waals surface area contributed by atoms with Crippen LogP contribution in [0.15, 0.2) is 22.7 Å². The summed E-state index contributed by atoms with van der Waals surface area (Å²) in [7, 11) is 0. The Morgan fingerprint density at radius 3 is 2.71 bits per heavy atom. The summed E-state index contributed by atoms with van der Waals surface area (Å²) >= 11 is 4.83. The molecule has 0 aliphatic rings. The molecule has 1 aromatic rings. The highest BCUT2D eigenvalue weighted by molar-refractivity contribution is 9.10. The average molecular weight is 320 g/mol. The van der Waals surface area contributed by atoms with Gasteiger partial charge in [0.05, 0.1) is 5.56 Å². The van der Waals surface area contributed by atoms with E-state index >= 15 is 0 Å². The van der Waals surface area contributed by atoms with E-state index in [1.54, 1.807) is 23.9 Å². The Labute approximate surface area is 113 Å². The number of benzene rings is 1. The molecule has 5 heteroatoms. The van der Waals surface area contributed by atoms with E-state index in [4.69, 9.17) is 0 Å². The van der Waals surface area contributed by atoms with Gasteiger partial charge in [0, 0.05) is 15.8 Å². The number of thioether (sulfide) groups is 1. The highest BCUT2D eigenvalue weighted by atomic mass is 79.9. The van der Waals surface area contributed by atoms with E-state index in [9.17, 15) is 9.18 Å². The topological polar surface area (TPSA) is 29.1 Å². The van der Waals surface area contributed by atoms with Gasteiger partial charge in [0.15, 0.2) is 0 Å². The first-order chi connectivity index (χ1) is 7.87. The highest BCUT2D eigenvalue weighted by Gasteiger charge is 2.20. The maximum absolute atomic E-state index is 13.5. The third-order valence-electron chi connectivity index (χ3n) is 2.42. The Balaban J connectivity index is 2.78. The quantitative estimate of drug-likeness (QED) is 0.920. The molecule has 17 heavy (non-hydrogen) atoms. The van der Waals surface area contributed by atoms with Crippen LogP contribution < -0.4 is 5.32 Å². The van der Waals surface area contributed by atoms with Crippen LogP contribution >= 0.6 is 27.7 Å². The third-order valence-corrected chi connectivity index (χ3v) is 4.33. The number of hydrogen-bond donors (Lipinski definition) is 1. The summed E-state index contributed by atoms with van der Waals surface area (Å²) in [6, 6.07) is 4.49. The van der Waals surface area contributed by atoms with Crippen LogP contribution in [-0.4, -0.2) is 23.5 Å². The van der Waals surface area contributed by atoms with E-state index in [0.29, 0.717) is 11.0 Å². The average Bonchev–Trinajstić information content (AvgIpc) is 2.26. The molecule has 0 bridgehead atoms. The molecular formula is C12H15BrFNOS. The zero-order valence-corrected chi connectivity index (χ0v) is 12.4. The third kappa shape index (κ3) is 4.00. The summed E-state index contributed by atoms with van der Waals surface area (Å²) in [6.07, 6.45) is 1.98. The normalized spacial score (nSPS) is 11.4. The largest absolute Gasteiger partial charge is 0.351 e. The fourth-order valence-corrected chi connectivity index (χ4v) is 1.91. The smallest absolute Gasteiger partial charge is 0.255 e. The van der Waals surface area contributed by atoms with E-state index in [0.717, 1.165) is 0 Å². The lowest BCUT2D eigenvalue weighted by molar-refractivity contribution is 0.0946. The van der Waals surface area contributed by atoms with Crippen LogP contribution in [0.5, 0.6) is 0 Å². The van der Waals surface area contributed by atoms with Gasteiger partial charge in [-0.25, -0.2) is 4.39 Å². The molecule has 0 saturated heterocycles. The van der Waals surface area contributed by atoms with Crippen molar-refractivity contribution in [3.63, 3.8) is 0 Å². The number of rotatable bonds is 4. The second-order valence-electron chi connectivity index (χ2n) is 4.24. The van der Waals surface area contributed by atoms with E-state index in [2.05, 4.69) is 21.2 Å². The molecule has 1 rings (SSSR count). The summed E-state index contributed by atoms with van der Waals surface area (Å²) in [5, 5.41) is 2.74. The molecule has 94 valence electrons. The van der Waals surface area contributed by atoms with Crippen LogP contribution in [0, 0.1) is 5.82 Å². The van der Waals surface area contributed by atoms with Crippen LogP contribution in [0.25, 0.3) is 0 Å². The van der Waals surface area contributed by atoms with E-state index in [-0.39, 0.29) is 10.3 Å². The summed E-state index contributed by atoms with van der Waals surface area (Å²) in [4.78, 5) is 11.9. The number of halogens is 2. The number of amides is 1. The summed E-state index contributed by atoms with van der Waals surface area (Å²) in [5.41, 5.74) is 0.0596. The highest BCUT2D eigenvalue weighted by Crippen LogP contribution is 2.22. The zero-order valence-electron chi connectivity index (χ0n) is 10.0. The second kappa shape index (κ2) is 5.87. The molecule has 0 heterocycles. The molecule has 1 amide bonds. The van der Waals surface area contributed by atoms with Crippen molar-refractivity contribution in [2.24, 2.45) is 0 Å². The van der Waals surface area contributed by atoms with Gasteiger partial charge in [-0.05, 0) is 48.2 Å². The van der Waals surface area contributed by atoms with Gasteiger partial charge in [0.2, 0.25) is 0 Å². The van der Waals surface area contributed by atoms with Crippen LogP contribution in [0.3, 0.4) is 0 Å². The van der Waals surface area contributed by atoms with E-state index in [1.165, 1.54) is 6.07 Å². The van der Waals surface area contributed by atoms with E-state index in [1.807, 2.05) is 20.1 Å². The molecule has 0 radical (unpaired) electrons. The predicted octanol–water partition coefficient (Wildman–Crippen LogP) is 3.46. The van der Waals surface area contributed by atoms with Crippen LogP contribution in [0.1, 0.15) is 24.2 Å². The Kier molecular flexibility index (Phi) is 5.01. The monoisotopic (exact) mass is 319 g/mol. The minimum atomic E-state index is -0.515. The van der Waals surface area contributed by atoms with Gasteiger partial charge in [0.1, 0.15) is 5.82 Å². The molecule has 1 N–H and O–H groups in total. The SMILES string of the molecule is CSC(C)(C)CNC(=O)c1c(F)cccc1Br. The zero-order chi connectivity index (χ0) is 13.1. The Bertz CT molecular complexity index is 403. The maximum Gasteiger partial charge on any atom is 0.255 e. The fraction of sp³-hybridized carbons (Fsp3) is 0.417. The summed E-state index contributed by atoms with van der Waals surface area (Å²) < 4.78 is 13.9. The molecular weight excluding hydrogens is 305 g/mol. The molecule has 0 atom stereocenters. The van der Waals surface area contributed by atoms with E-state index < -0.39 is 11.7 Å². The standard InChI is InChI=1S/C12H15BrFNOS/c1-12(2,17-3)7-15-11(16)10-8(13)5-4-6-9(10)14/h4-6H,7H2,1-3H3,(H,15,16). The summed E-state index contributed by atoms with van der Waals surface area (Å²) in [5.74, 6) is -0.907. The number of nitrogens with one attached hydrogen (secondary N) is 1. The lowest BCUT2D eigenvalue weighted by atomic mass is 10.1. The van der Waals surface area contributed by atoms with Crippen molar-refractivity contribution in [3.05, 3.63) is 34.1 Å². The fourth-order valence-electron chi connectivity index (χ4n) is 1.17. The second-order valence-corrected chi connectivity index (χ2v) is 6.61. The van der Waals surface area contributed by atoms with Crippen molar-refractivity contribution >= 4 is 33.6 Å². The predicted molar refractivity (Wildman–Crippen MR) is 74.0 cm³/mol. The minimum Gasteiger partial charge on any atom is -0.351 e. The molecule has 0 unspecified atom stereocenters. The van der Waals surface area contributed by atoms with Gasteiger partial charge < -0.3 is 5.32 Å². The van der Waals surface area contributed by atoms with Crippen molar-refractivity contribution in [3.8, 4) is 0 Å². The minimum absolute atomic E-state index is 0.0596. The van der Waals surface area contributed by atoms with Crippen LogP contribution in [0.4, 0.5) is 4.39 Å². The van der Waals surface area contributed by atoms with Gasteiger partial charge in [-0.2, -0.15) is 11.8 Å². The van der Waals surface area contributed by atoms with Gasteiger partial charge in [-0.1, -0.05) is 6.07 Å². The van der Waals surface area contributed by atoms with Gasteiger partial charge in [-0.15, -0.1) is 0 Å². The first kappa shape index (κ1) is 14.5. The van der Waals surface area contributed by atoms with Crippen molar-refractivity contribution in [2.75, 3.05) is 12.8 Å². The molecule has 0 spiro atoms. The molecule has 1 aromatic carbocycles. The van der Waals surface area contributed by atoms with Crippen molar-refractivity contribution in [1.29, 1.82) is 0 Å². The van der Waals surface area contributed by atoms with Crippen LogP contribution in [0.2, 0.25) is 0 Å². The lowest BCUT2D eigenvalue weighted by Gasteiger charge is -2.22. The number of carbonyl (C=O) groups excluding carboxylic acids is 1. The number of hydrogen-bond acceptors (Lipinski definition) is 2. The molecule has 0 saturated carbocycles. The van der Waals surface area contributed by atoms with Gasteiger partial charge in [0.25, 0.3) is 5.91 Å². The molecule has 0 aliphatic carbocycles. The first-order valence-corrected chi connectivity index (χ1v) is 7.16. The molecule has 0 fully saturated rings.